The van der Waals surface area contributed by atoms with Crippen LogP contribution < -0.4 is 4.90 Å². The highest BCUT2D eigenvalue weighted by Crippen LogP contribution is 2.29. The fourth-order valence-electron chi connectivity index (χ4n) is 4.63. The molecular formula is C26H24N6OS. The number of amides is 1. The third-order valence-electron chi connectivity index (χ3n) is 6.39. The second-order valence-corrected chi connectivity index (χ2v) is 9.66. The number of anilines is 1. The first-order valence-electron chi connectivity index (χ1n) is 11.4. The lowest BCUT2D eigenvalue weighted by atomic mass is 10.0. The molecule has 2 aromatic carbocycles. The van der Waals surface area contributed by atoms with Crippen molar-refractivity contribution in [2.24, 2.45) is 0 Å². The highest BCUT2D eigenvalue weighted by molar-refractivity contribution is 7.99. The van der Waals surface area contributed by atoms with E-state index >= 15 is 0 Å². The molecule has 34 heavy (non-hydrogen) atoms. The number of rotatable bonds is 4. The Kier molecular flexibility index (Phi) is 5.10. The van der Waals surface area contributed by atoms with Crippen molar-refractivity contribution >= 4 is 34.5 Å². The Morgan fingerprint density at radius 3 is 2.85 bits per heavy atom. The van der Waals surface area contributed by atoms with E-state index in [4.69, 9.17) is 5.10 Å². The van der Waals surface area contributed by atoms with Crippen LogP contribution in [0.3, 0.4) is 0 Å². The molecule has 6 rings (SSSR count). The number of aromatic nitrogens is 5. The van der Waals surface area contributed by atoms with Crippen LogP contribution in [0.2, 0.25) is 0 Å². The Bertz CT molecular complexity index is 1550. The smallest absolute Gasteiger partial charge is 0.237 e. The molecule has 0 spiro atoms. The fourth-order valence-corrected chi connectivity index (χ4v) is 5.42. The molecule has 0 saturated heterocycles. The topological polar surface area (TPSA) is 67.8 Å². The zero-order valence-electron chi connectivity index (χ0n) is 19.1. The van der Waals surface area contributed by atoms with Gasteiger partial charge in [0.25, 0.3) is 0 Å². The Labute approximate surface area is 201 Å². The minimum atomic E-state index is 0.0940. The van der Waals surface area contributed by atoms with E-state index in [0.29, 0.717) is 10.9 Å². The number of carbonyl (C=O) groups excluding carboxylic acids is 1. The summed E-state index contributed by atoms with van der Waals surface area (Å²) in [5.41, 5.74) is 8.28. The van der Waals surface area contributed by atoms with Crippen LogP contribution >= 0.6 is 11.8 Å². The number of para-hydroxylation sites is 1. The van der Waals surface area contributed by atoms with E-state index in [0.717, 1.165) is 47.5 Å². The molecule has 3 aromatic heterocycles. The lowest BCUT2D eigenvalue weighted by Crippen LogP contribution is -2.36. The number of carbonyl (C=O) groups is 1. The Hall–Kier alpha value is -3.65. The summed E-state index contributed by atoms with van der Waals surface area (Å²) in [4.78, 5) is 15.0. The molecule has 5 aromatic rings. The van der Waals surface area contributed by atoms with E-state index in [1.54, 1.807) is 0 Å². The van der Waals surface area contributed by atoms with Gasteiger partial charge >= 0.3 is 0 Å². The molecule has 0 atom stereocenters. The summed E-state index contributed by atoms with van der Waals surface area (Å²) in [6.45, 7) is 4.94. The molecule has 4 heterocycles. The minimum Gasteiger partial charge on any atom is -0.311 e. The van der Waals surface area contributed by atoms with Crippen LogP contribution in [0.4, 0.5) is 5.69 Å². The molecule has 1 aliphatic heterocycles. The zero-order valence-corrected chi connectivity index (χ0v) is 19.9. The van der Waals surface area contributed by atoms with E-state index in [2.05, 4.69) is 54.4 Å². The molecule has 0 fully saturated rings. The highest BCUT2D eigenvalue weighted by Gasteiger charge is 2.23. The van der Waals surface area contributed by atoms with Gasteiger partial charge in [-0.15, -0.1) is 10.2 Å². The van der Waals surface area contributed by atoms with Gasteiger partial charge in [-0.3, -0.25) is 9.20 Å². The van der Waals surface area contributed by atoms with Crippen LogP contribution in [0.15, 0.2) is 66.1 Å². The van der Waals surface area contributed by atoms with Crippen LogP contribution in [-0.2, 0) is 11.2 Å². The number of hydrogen-bond acceptors (Lipinski definition) is 5. The van der Waals surface area contributed by atoms with E-state index in [-0.39, 0.29) is 5.91 Å². The maximum atomic E-state index is 13.1. The van der Waals surface area contributed by atoms with Gasteiger partial charge in [-0.25, -0.2) is 4.52 Å². The first-order chi connectivity index (χ1) is 16.6. The van der Waals surface area contributed by atoms with E-state index in [1.165, 1.54) is 28.5 Å². The first kappa shape index (κ1) is 20.9. The third-order valence-corrected chi connectivity index (χ3v) is 7.32. The fraction of sp³-hybridized carbons (Fsp3) is 0.231. The van der Waals surface area contributed by atoms with Gasteiger partial charge in [0, 0.05) is 30.2 Å². The molecule has 0 unspecified atom stereocenters. The van der Waals surface area contributed by atoms with Gasteiger partial charge < -0.3 is 4.90 Å². The van der Waals surface area contributed by atoms with Crippen LogP contribution in [0.1, 0.15) is 23.1 Å². The number of nitrogens with zero attached hydrogens (tertiary/aromatic N) is 6. The molecule has 1 amide bonds. The zero-order chi connectivity index (χ0) is 23.2. The summed E-state index contributed by atoms with van der Waals surface area (Å²) in [6, 6.07) is 16.6. The summed E-state index contributed by atoms with van der Waals surface area (Å²) in [5, 5.41) is 14.3. The van der Waals surface area contributed by atoms with Crippen LogP contribution in [0, 0.1) is 13.8 Å². The molecule has 0 N–H and O–H groups in total. The molecule has 0 aliphatic carbocycles. The lowest BCUT2D eigenvalue weighted by molar-refractivity contribution is -0.116. The lowest BCUT2D eigenvalue weighted by Gasteiger charge is -2.29. The molecule has 0 bridgehead atoms. The van der Waals surface area contributed by atoms with Crippen LogP contribution in [0.25, 0.3) is 22.4 Å². The largest absolute Gasteiger partial charge is 0.311 e. The second kappa shape index (κ2) is 8.29. The standard InChI is InChI=1S/C26H24N6OS/c1-17-9-10-18(2)20(14-17)21-15-23-25-27-28-26(31(25)12-13-32(23)29-21)34-16-24(33)30-11-5-7-19-6-3-4-8-22(19)30/h3-4,6,8-10,12-15H,5,7,11,16H2,1-2H3. The van der Waals surface area contributed by atoms with Gasteiger partial charge in [-0.05, 0) is 56.0 Å². The maximum Gasteiger partial charge on any atom is 0.237 e. The highest BCUT2D eigenvalue weighted by atomic mass is 32.2. The van der Waals surface area contributed by atoms with Crippen molar-refractivity contribution < 1.29 is 4.79 Å². The molecule has 0 radical (unpaired) electrons. The Morgan fingerprint density at radius 2 is 1.94 bits per heavy atom. The molecule has 7 nitrogen and oxygen atoms in total. The van der Waals surface area contributed by atoms with Crippen molar-refractivity contribution in [3.8, 4) is 11.3 Å². The number of benzene rings is 2. The van der Waals surface area contributed by atoms with Crippen molar-refractivity contribution in [3.63, 3.8) is 0 Å². The third kappa shape index (κ3) is 3.54. The number of thioether (sulfide) groups is 1. The maximum absolute atomic E-state index is 13.1. The summed E-state index contributed by atoms with van der Waals surface area (Å²) < 4.78 is 3.78. The van der Waals surface area contributed by atoms with Crippen molar-refractivity contribution in [2.75, 3.05) is 17.2 Å². The van der Waals surface area contributed by atoms with Gasteiger partial charge in [-0.2, -0.15) is 5.10 Å². The molecule has 1 aliphatic rings. The van der Waals surface area contributed by atoms with Crippen molar-refractivity contribution in [1.82, 2.24) is 24.2 Å². The van der Waals surface area contributed by atoms with Gasteiger partial charge in [0.15, 0.2) is 10.8 Å². The SMILES string of the molecule is Cc1ccc(C)c(-c2cc3c4nnc(SCC(=O)N5CCCc6ccccc65)n4ccn3n2)c1. The number of hydrogen-bond donors (Lipinski definition) is 0. The van der Waals surface area contributed by atoms with Crippen LogP contribution in [-0.4, -0.2) is 42.4 Å². The van der Waals surface area contributed by atoms with E-state index < -0.39 is 0 Å². The molecule has 0 saturated carbocycles. The summed E-state index contributed by atoms with van der Waals surface area (Å²) in [5.74, 6) is 0.407. The Balaban J connectivity index is 1.28. The number of fused-ring (bicyclic) bond motifs is 4. The number of aryl methyl sites for hydroxylation is 3. The molecule has 8 heteroatoms. The summed E-state index contributed by atoms with van der Waals surface area (Å²) in [6.07, 6.45) is 5.83. The van der Waals surface area contributed by atoms with Gasteiger partial charge in [-0.1, -0.05) is 47.7 Å². The molecule has 170 valence electrons. The van der Waals surface area contributed by atoms with Gasteiger partial charge in [0.1, 0.15) is 5.52 Å². The average molecular weight is 469 g/mol. The quantitative estimate of drug-likeness (QED) is 0.357. The normalized spacial score (nSPS) is 13.5. The molecular weight excluding hydrogens is 444 g/mol. The van der Waals surface area contributed by atoms with Crippen molar-refractivity contribution in [3.05, 3.63) is 77.6 Å². The average Bonchev–Trinajstić information content (AvgIpc) is 3.47. The van der Waals surface area contributed by atoms with E-state index in [9.17, 15) is 4.79 Å². The second-order valence-electron chi connectivity index (χ2n) is 8.72. The first-order valence-corrected chi connectivity index (χ1v) is 12.4. The van der Waals surface area contributed by atoms with Gasteiger partial charge in [0.2, 0.25) is 5.91 Å². The van der Waals surface area contributed by atoms with E-state index in [1.807, 2.05) is 44.4 Å². The monoisotopic (exact) mass is 468 g/mol. The minimum absolute atomic E-state index is 0.0940. The van der Waals surface area contributed by atoms with Crippen molar-refractivity contribution in [1.29, 1.82) is 0 Å². The van der Waals surface area contributed by atoms with Crippen LogP contribution in [0.5, 0.6) is 0 Å². The predicted octanol–water partition coefficient (Wildman–Crippen LogP) is 4.73. The summed E-state index contributed by atoms with van der Waals surface area (Å²) >= 11 is 1.42. The predicted molar refractivity (Wildman–Crippen MR) is 134 cm³/mol. The van der Waals surface area contributed by atoms with Crippen molar-refractivity contribution in [2.45, 2.75) is 31.8 Å². The summed E-state index contributed by atoms with van der Waals surface area (Å²) in [7, 11) is 0. The Morgan fingerprint density at radius 1 is 1.06 bits per heavy atom. The van der Waals surface area contributed by atoms with Gasteiger partial charge in [0.05, 0.1) is 11.4 Å².